The Morgan fingerprint density at radius 1 is 1.30 bits per heavy atom. The first kappa shape index (κ1) is 14.6. The van der Waals surface area contributed by atoms with Crippen LogP contribution in [0.25, 0.3) is 10.4 Å². The van der Waals surface area contributed by atoms with Crippen molar-refractivity contribution in [2.75, 3.05) is 5.32 Å². The minimum Gasteiger partial charge on any atom is -0.366 e. The third kappa shape index (κ3) is 3.18. The fraction of sp³-hybridized carbons (Fsp3) is 0.143. The Hall–Kier alpha value is -1.85. The summed E-state index contributed by atoms with van der Waals surface area (Å²) in [5.74, 6) is -0.948. The van der Waals surface area contributed by atoms with Crippen LogP contribution in [-0.2, 0) is 4.79 Å². The Labute approximate surface area is 125 Å². The van der Waals surface area contributed by atoms with E-state index in [9.17, 15) is 9.59 Å². The second-order valence-corrected chi connectivity index (χ2v) is 5.90. The van der Waals surface area contributed by atoms with E-state index in [1.54, 1.807) is 13.0 Å². The highest BCUT2D eigenvalue weighted by molar-refractivity contribution is 7.20. The normalized spacial score (nSPS) is 11.9. The molecule has 0 saturated heterocycles. The molecular weight excluding hydrogens is 296 g/mol. The largest absolute Gasteiger partial charge is 0.366 e. The molecule has 3 N–H and O–H groups in total. The molecule has 2 aromatic rings. The maximum atomic E-state index is 11.6. The summed E-state index contributed by atoms with van der Waals surface area (Å²) in [5, 5.41) is 2.37. The number of nitrogens with two attached hydrogens (primary N) is 1. The topological polar surface area (TPSA) is 72.2 Å². The fourth-order valence-electron chi connectivity index (χ4n) is 1.62. The van der Waals surface area contributed by atoms with Crippen molar-refractivity contribution in [3.8, 4) is 10.4 Å². The van der Waals surface area contributed by atoms with E-state index in [0.29, 0.717) is 10.6 Å². The number of thiophene rings is 1. The molecule has 1 aromatic carbocycles. The van der Waals surface area contributed by atoms with Crippen LogP contribution >= 0.6 is 22.9 Å². The molecule has 20 heavy (non-hydrogen) atoms. The number of halogens is 1. The van der Waals surface area contributed by atoms with Crippen LogP contribution in [-0.4, -0.2) is 17.2 Å². The second-order valence-electron chi connectivity index (χ2n) is 4.19. The van der Waals surface area contributed by atoms with Gasteiger partial charge in [-0.2, -0.15) is 0 Å². The molecule has 4 nitrogen and oxygen atoms in total. The summed E-state index contributed by atoms with van der Waals surface area (Å²) in [7, 11) is 0. The van der Waals surface area contributed by atoms with Crippen molar-refractivity contribution in [3.05, 3.63) is 42.0 Å². The Kier molecular flexibility index (Phi) is 4.42. The number of carbonyl (C=O) groups is 2. The van der Waals surface area contributed by atoms with Crippen LogP contribution in [0.2, 0.25) is 0 Å². The van der Waals surface area contributed by atoms with Gasteiger partial charge in [-0.15, -0.1) is 22.9 Å². The maximum absolute atomic E-state index is 11.6. The monoisotopic (exact) mass is 308 g/mol. The van der Waals surface area contributed by atoms with E-state index in [1.165, 1.54) is 11.3 Å². The first-order chi connectivity index (χ1) is 9.49. The number of nitrogens with one attached hydrogen (secondary N) is 1. The van der Waals surface area contributed by atoms with Gasteiger partial charge in [-0.1, -0.05) is 30.3 Å². The zero-order valence-electron chi connectivity index (χ0n) is 10.7. The molecule has 0 spiro atoms. The molecule has 0 bridgehead atoms. The van der Waals surface area contributed by atoms with E-state index in [-0.39, 0.29) is 5.91 Å². The number of alkyl halides is 1. The van der Waals surface area contributed by atoms with Gasteiger partial charge >= 0.3 is 0 Å². The van der Waals surface area contributed by atoms with Crippen LogP contribution in [0.15, 0.2) is 36.4 Å². The smallest absolute Gasteiger partial charge is 0.251 e. The predicted molar refractivity (Wildman–Crippen MR) is 82.2 cm³/mol. The standard InChI is InChI=1S/C14H13ClN2O2S/c1-8(15)13(19)17-14-10(12(16)18)7-11(20-14)9-5-3-2-4-6-9/h2-8H,1H3,(H2,16,18)(H,17,19). The third-order valence-corrected chi connectivity index (χ3v) is 3.95. The summed E-state index contributed by atoms with van der Waals surface area (Å²) >= 11 is 7.01. The molecule has 0 aliphatic rings. The molecule has 0 aliphatic heterocycles. The van der Waals surface area contributed by atoms with E-state index >= 15 is 0 Å². The average Bonchev–Trinajstić information content (AvgIpc) is 2.83. The summed E-state index contributed by atoms with van der Waals surface area (Å²) < 4.78 is 0. The van der Waals surface area contributed by atoms with Crippen molar-refractivity contribution in [2.24, 2.45) is 5.73 Å². The van der Waals surface area contributed by atoms with E-state index in [2.05, 4.69) is 5.32 Å². The highest BCUT2D eigenvalue weighted by atomic mass is 35.5. The van der Waals surface area contributed by atoms with Gasteiger partial charge in [0, 0.05) is 4.88 Å². The molecule has 104 valence electrons. The lowest BCUT2D eigenvalue weighted by molar-refractivity contribution is -0.115. The van der Waals surface area contributed by atoms with Gasteiger partial charge < -0.3 is 11.1 Å². The van der Waals surface area contributed by atoms with Gasteiger partial charge in [0.1, 0.15) is 10.4 Å². The maximum Gasteiger partial charge on any atom is 0.251 e. The number of rotatable bonds is 4. The molecule has 1 atom stereocenters. The summed E-state index contributed by atoms with van der Waals surface area (Å²) in [6.45, 7) is 1.56. The molecule has 1 aromatic heterocycles. The molecular formula is C14H13ClN2O2S. The molecule has 6 heteroatoms. The molecule has 0 aliphatic carbocycles. The molecule has 2 rings (SSSR count). The van der Waals surface area contributed by atoms with Crippen LogP contribution in [0.3, 0.4) is 0 Å². The van der Waals surface area contributed by atoms with Crippen molar-refractivity contribution in [2.45, 2.75) is 12.3 Å². The zero-order chi connectivity index (χ0) is 14.7. The van der Waals surface area contributed by atoms with Gasteiger partial charge in [-0.25, -0.2) is 0 Å². The van der Waals surface area contributed by atoms with Crippen LogP contribution < -0.4 is 11.1 Å². The number of primary amides is 1. The summed E-state index contributed by atoms with van der Waals surface area (Å²) in [6, 6.07) is 11.2. The first-order valence-corrected chi connectivity index (χ1v) is 7.18. The van der Waals surface area contributed by atoms with Crippen molar-refractivity contribution < 1.29 is 9.59 Å². The van der Waals surface area contributed by atoms with Gasteiger partial charge in [0.15, 0.2) is 0 Å². The highest BCUT2D eigenvalue weighted by Gasteiger charge is 2.18. The van der Waals surface area contributed by atoms with Crippen molar-refractivity contribution in [3.63, 3.8) is 0 Å². The fourth-order valence-corrected chi connectivity index (χ4v) is 2.75. The Morgan fingerprint density at radius 3 is 2.50 bits per heavy atom. The van der Waals surface area contributed by atoms with Gasteiger partial charge in [0.05, 0.1) is 5.56 Å². The number of anilines is 1. The summed E-state index contributed by atoms with van der Waals surface area (Å²) in [5.41, 5.74) is 6.59. The van der Waals surface area contributed by atoms with Crippen molar-refractivity contribution >= 4 is 39.8 Å². The zero-order valence-corrected chi connectivity index (χ0v) is 12.3. The first-order valence-electron chi connectivity index (χ1n) is 5.93. The van der Waals surface area contributed by atoms with Crippen molar-refractivity contribution in [1.29, 1.82) is 0 Å². The van der Waals surface area contributed by atoms with Gasteiger partial charge in [-0.3, -0.25) is 9.59 Å². The average molecular weight is 309 g/mol. The lowest BCUT2D eigenvalue weighted by Gasteiger charge is -2.05. The summed E-state index contributed by atoms with van der Waals surface area (Å²) in [6.07, 6.45) is 0. The number of carbonyl (C=O) groups excluding carboxylic acids is 2. The van der Waals surface area contributed by atoms with E-state index in [1.807, 2.05) is 30.3 Å². The highest BCUT2D eigenvalue weighted by Crippen LogP contribution is 2.35. The minimum absolute atomic E-state index is 0.291. The second kappa shape index (κ2) is 6.07. The van der Waals surface area contributed by atoms with E-state index in [4.69, 9.17) is 17.3 Å². The molecule has 1 unspecified atom stereocenters. The van der Waals surface area contributed by atoms with Gasteiger partial charge in [0.2, 0.25) is 5.91 Å². The molecule has 2 amide bonds. The minimum atomic E-state index is -0.682. The predicted octanol–water partition coefficient (Wildman–Crippen LogP) is 3.08. The van der Waals surface area contributed by atoms with Crippen LogP contribution in [0.5, 0.6) is 0 Å². The Bertz CT molecular complexity index is 638. The molecule has 0 saturated carbocycles. The number of amides is 2. The molecule has 0 fully saturated rings. The van der Waals surface area contributed by atoms with Crippen LogP contribution in [0.4, 0.5) is 5.00 Å². The van der Waals surface area contributed by atoms with E-state index in [0.717, 1.165) is 10.4 Å². The summed E-state index contributed by atoms with van der Waals surface area (Å²) in [4.78, 5) is 24.0. The number of benzene rings is 1. The van der Waals surface area contributed by atoms with Crippen molar-refractivity contribution in [1.82, 2.24) is 0 Å². The van der Waals surface area contributed by atoms with Gasteiger partial charge in [0.25, 0.3) is 5.91 Å². The van der Waals surface area contributed by atoms with E-state index < -0.39 is 11.3 Å². The Morgan fingerprint density at radius 2 is 1.95 bits per heavy atom. The lowest BCUT2D eigenvalue weighted by Crippen LogP contribution is -2.22. The number of hydrogen-bond acceptors (Lipinski definition) is 3. The SMILES string of the molecule is CC(Cl)C(=O)Nc1sc(-c2ccccc2)cc1C(N)=O. The third-order valence-electron chi connectivity index (χ3n) is 2.65. The van der Waals surface area contributed by atoms with Crippen LogP contribution in [0.1, 0.15) is 17.3 Å². The molecule has 0 radical (unpaired) electrons. The Balaban J connectivity index is 2.39. The van der Waals surface area contributed by atoms with Crippen LogP contribution in [0, 0.1) is 0 Å². The van der Waals surface area contributed by atoms with Gasteiger partial charge in [-0.05, 0) is 18.6 Å². The number of hydrogen-bond donors (Lipinski definition) is 2. The molecule has 1 heterocycles. The quantitative estimate of drug-likeness (QED) is 0.852. The lowest BCUT2D eigenvalue weighted by atomic mass is 10.1.